The first-order valence-electron chi connectivity index (χ1n) is 9.84. The molecule has 8 heteroatoms. The van der Waals surface area contributed by atoms with Crippen LogP contribution in [0.2, 0.25) is 0 Å². The van der Waals surface area contributed by atoms with Gasteiger partial charge in [-0.3, -0.25) is 4.99 Å². The summed E-state index contributed by atoms with van der Waals surface area (Å²) in [5.41, 5.74) is 1.76. The Kier molecular flexibility index (Phi) is 7.24. The number of aromatic nitrogens is 3. The average molecular weight is 381 g/mol. The number of anilines is 1. The number of guanidine groups is 1. The second kappa shape index (κ2) is 10.3. The quantitative estimate of drug-likeness (QED) is 0.432. The minimum absolute atomic E-state index is 0.309. The van der Waals surface area contributed by atoms with Gasteiger partial charge in [0.1, 0.15) is 18.7 Å². The first kappa shape index (κ1) is 19.7. The van der Waals surface area contributed by atoms with Crippen molar-refractivity contribution in [2.45, 2.75) is 38.3 Å². The lowest BCUT2D eigenvalue weighted by Gasteiger charge is -2.35. The van der Waals surface area contributed by atoms with Gasteiger partial charge < -0.3 is 20.1 Å². The SMILES string of the molecule is CN=C(NCCCCn1cnnc1)NC1CCCN(c2ccccc2C#N)C1. The molecule has 0 aliphatic carbocycles. The summed E-state index contributed by atoms with van der Waals surface area (Å²) in [7, 11) is 1.80. The van der Waals surface area contributed by atoms with E-state index in [0.29, 0.717) is 6.04 Å². The smallest absolute Gasteiger partial charge is 0.191 e. The van der Waals surface area contributed by atoms with E-state index in [1.54, 1.807) is 19.7 Å². The second-order valence-corrected chi connectivity index (χ2v) is 6.96. The minimum atomic E-state index is 0.309. The monoisotopic (exact) mass is 380 g/mol. The van der Waals surface area contributed by atoms with Crippen molar-refractivity contribution in [1.29, 1.82) is 5.26 Å². The Morgan fingerprint density at radius 2 is 2.11 bits per heavy atom. The predicted octanol–water partition coefficient (Wildman–Crippen LogP) is 1.76. The Bertz CT molecular complexity index is 793. The van der Waals surface area contributed by atoms with Crippen molar-refractivity contribution in [3.05, 3.63) is 42.5 Å². The van der Waals surface area contributed by atoms with E-state index in [-0.39, 0.29) is 0 Å². The van der Waals surface area contributed by atoms with E-state index in [9.17, 15) is 5.26 Å². The molecule has 1 aromatic heterocycles. The van der Waals surface area contributed by atoms with E-state index in [1.165, 1.54) is 0 Å². The number of nitrogens with zero attached hydrogens (tertiary/aromatic N) is 6. The van der Waals surface area contributed by atoms with E-state index >= 15 is 0 Å². The van der Waals surface area contributed by atoms with Crippen LogP contribution in [0.15, 0.2) is 41.9 Å². The van der Waals surface area contributed by atoms with Gasteiger partial charge in [-0.25, -0.2) is 0 Å². The fraction of sp³-hybridized carbons (Fsp3) is 0.500. The number of hydrogen-bond donors (Lipinski definition) is 2. The summed E-state index contributed by atoms with van der Waals surface area (Å²) >= 11 is 0. The van der Waals surface area contributed by atoms with Crippen LogP contribution >= 0.6 is 0 Å². The van der Waals surface area contributed by atoms with Gasteiger partial charge in [0.15, 0.2) is 5.96 Å². The van der Waals surface area contributed by atoms with Gasteiger partial charge in [0.25, 0.3) is 0 Å². The summed E-state index contributed by atoms with van der Waals surface area (Å²) in [6.45, 7) is 3.64. The lowest BCUT2D eigenvalue weighted by Crippen LogP contribution is -2.51. The molecular formula is C20H28N8. The predicted molar refractivity (Wildman–Crippen MR) is 110 cm³/mol. The van der Waals surface area contributed by atoms with Crippen LogP contribution in [0.25, 0.3) is 0 Å². The second-order valence-electron chi connectivity index (χ2n) is 6.96. The number of hydrogen-bond acceptors (Lipinski definition) is 5. The molecule has 1 unspecified atom stereocenters. The maximum Gasteiger partial charge on any atom is 0.191 e. The maximum absolute atomic E-state index is 9.37. The molecule has 2 aromatic rings. The highest BCUT2D eigenvalue weighted by Gasteiger charge is 2.22. The van der Waals surface area contributed by atoms with Gasteiger partial charge in [-0.1, -0.05) is 12.1 Å². The number of aryl methyl sites for hydroxylation is 1. The average Bonchev–Trinajstić information content (AvgIpc) is 3.26. The number of rotatable bonds is 7. The largest absolute Gasteiger partial charge is 0.368 e. The molecule has 1 aromatic carbocycles. The van der Waals surface area contributed by atoms with Crippen LogP contribution in [0.5, 0.6) is 0 Å². The highest BCUT2D eigenvalue weighted by Crippen LogP contribution is 2.23. The Balaban J connectivity index is 1.44. The number of para-hydroxylation sites is 1. The van der Waals surface area contributed by atoms with Gasteiger partial charge in [0.05, 0.1) is 11.3 Å². The van der Waals surface area contributed by atoms with E-state index in [2.05, 4.69) is 36.8 Å². The third kappa shape index (κ3) is 5.46. The zero-order valence-corrected chi connectivity index (χ0v) is 16.4. The van der Waals surface area contributed by atoms with Crippen molar-refractivity contribution in [2.75, 3.05) is 31.6 Å². The first-order valence-corrected chi connectivity index (χ1v) is 9.84. The number of piperidine rings is 1. The molecule has 148 valence electrons. The van der Waals surface area contributed by atoms with Crippen LogP contribution < -0.4 is 15.5 Å². The molecule has 0 saturated carbocycles. The summed E-state index contributed by atoms with van der Waals surface area (Å²) in [6.07, 6.45) is 7.78. The summed E-state index contributed by atoms with van der Waals surface area (Å²) in [5.74, 6) is 0.838. The molecule has 3 rings (SSSR count). The molecule has 0 amide bonds. The number of aliphatic imine (C=N–C) groups is 1. The van der Waals surface area contributed by atoms with Crippen molar-refractivity contribution >= 4 is 11.6 Å². The third-order valence-corrected chi connectivity index (χ3v) is 4.95. The van der Waals surface area contributed by atoms with Crippen LogP contribution in [0.4, 0.5) is 5.69 Å². The maximum atomic E-state index is 9.37. The Labute approximate surface area is 166 Å². The highest BCUT2D eigenvalue weighted by molar-refractivity contribution is 5.80. The summed E-state index contributed by atoms with van der Waals surface area (Å²) in [5, 5.41) is 23.9. The van der Waals surface area contributed by atoms with E-state index in [0.717, 1.165) is 69.1 Å². The number of unbranched alkanes of at least 4 members (excludes halogenated alkanes) is 1. The molecular weight excluding hydrogens is 352 g/mol. The molecule has 0 spiro atoms. The van der Waals surface area contributed by atoms with Gasteiger partial charge in [-0.05, 0) is 37.8 Å². The van der Waals surface area contributed by atoms with Crippen LogP contribution in [-0.4, -0.2) is 53.4 Å². The van der Waals surface area contributed by atoms with Crippen LogP contribution in [0.3, 0.4) is 0 Å². The molecule has 1 atom stereocenters. The van der Waals surface area contributed by atoms with Gasteiger partial charge in [0, 0.05) is 39.3 Å². The van der Waals surface area contributed by atoms with Gasteiger partial charge in [-0.15, -0.1) is 10.2 Å². The minimum Gasteiger partial charge on any atom is -0.368 e. The lowest BCUT2D eigenvalue weighted by molar-refractivity contribution is 0.467. The molecule has 1 saturated heterocycles. The van der Waals surface area contributed by atoms with Crippen molar-refractivity contribution in [1.82, 2.24) is 25.4 Å². The van der Waals surface area contributed by atoms with Crippen molar-refractivity contribution in [3.8, 4) is 6.07 Å². The Morgan fingerprint density at radius 3 is 2.89 bits per heavy atom. The molecule has 1 fully saturated rings. The van der Waals surface area contributed by atoms with E-state index < -0.39 is 0 Å². The fourth-order valence-electron chi connectivity index (χ4n) is 3.51. The zero-order chi connectivity index (χ0) is 19.6. The van der Waals surface area contributed by atoms with Gasteiger partial charge in [-0.2, -0.15) is 5.26 Å². The molecule has 1 aliphatic heterocycles. The topological polar surface area (TPSA) is 94.2 Å². The standard InChI is InChI=1S/C20H28N8/c1-22-20(23-10-4-5-11-27-15-24-25-16-27)26-18-8-6-12-28(14-18)19-9-3-2-7-17(19)13-21/h2-3,7,9,15-16,18H,4-6,8,10-12,14H2,1H3,(H2,22,23,26). The summed E-state index contributed by atoms with van der Waals surface area (Å²) in [4.78, 5) is 6.66. The summed E-state index contributed by atoms with van der Waals surface area (Å²) in [6, 6.07) is 10.4. The molecule has 0 radical (unpaired) electrons. The normalized spacial score (nSPS) is 17.2. The van der Waals surface area contributed by atoms with Crippen molar-refractivity contribution < 1.29 is 0 Å². The van der Waals surface area contributed by atoms with Gasteiger partial charge in [0.2, 0.25) is 0 Å². The molecule has 1 aliphatic rings. The van der Waals surface area contributed by atoms with Crippen LogP contribution in [0, 0.1) is 11.3 Å². The van der Waals surface area contributed by atoms with Crippen LogP contribution in [-0.2, 0) is 6.54 Å². The molecule has 8 nitrogen and oxygen atoms in total. The highest BCUT2D eigenvalue weighted by atomic mass is 15.2. The molecule has 2 N–H and O–H groups in total. The Morgan fingerprint density at radius 1 is 1.29 bits per heavy atom. The number of nitriles is 1. The summed E-state index contributed by atoms with van der Waals surface area (Å²) < 4.78 is 1.99. The van der Waals surface area contributed by atoms with Crippen molar-refractivity contribution in [3.63, 3.8) is 0 Å². The third-order valence-electron chi connectivity index (χ3n) is 4.95. The van der Waals surface area contributed by atoms with E-state index in [1.807, 2.05) is 28.8 Å². The fourth-order valence-corrected chi connectivity index (χ4v) is 3.51. The van der Waals surface area contributed by atoms with E-state index in [4.69, 9.17) is 0 Å². The Hall–Kier alpha value is -3.08. The lowest BCUT2D eigenvalue weighted by atomic mass is 10.0. The molecule has 0 bridgehead atoms. The van der Waals surface area contributed by atoms with Crippen molar-refractivity contribution in [2.24, 2.45) is 4.99 Å². The molecule has 28 heavy (non-hydrogen) atoms. The number of benzene rings is 1. The number of nitrogens with one attached hydrogen (secondary N) is 2. The zero-order valence-electron chi connectivity index (χ0n) is 16.4. The van der Waals surface area contributed by atoms with Gasteiger partial charge >= 0.3 is 0 Å². The first-order chi connectivity index (χ1) is 13.8. The molecule has 2 heterocycles. The van der Waals surface area contributed by atoms with Crippen LogP contribution in [0.1, 0.15) is 31.2 Å².